The molecule has 1 saturated heterocycles. The molecular formula is C15H19N3O2S. The van der Waals surface area contributed by atoms with Gasteiger partial charge in [0, 0.05) is 12.6 Å². The molecule has 1 atom stereocenters. The van der Waals surface area contributed by atoms with Gasteiger partial charge in [0.2, 0.25) is 5.91 Å². The quantitative estimate of drug-likeness (QED) is 0.911. The van der Waals surface area contributed by atoms with Gasteiger partial charge in [-0.05, 0) is 31.9 Å². The Morgan fingerprint density at radius 1 is 1.43 bits per heavy atom. The van der Waals surface area contributed by atoms with Gasteiger partial charge in [-0.2, -0.15) is 0 Å². The van der Waals surface area contributed by atoms with Crippen LogP contribution in [0.15, 0.2) is 23.4 Å². The van der Waals surface area contributed by atoms with Gasteiger partial charge in [0.05, 0.1) is 22.9 Å². The van der Waals surface area contributed by atoms with Crippen LogP contribution in [-0.2, 0) is 4.79 Å². The van der Waals surface area contributed by atoms with Gasteiger partial charge in [-0.3, -0.25) is 4.79 Å². The Kier molecular flexibility index (Phi) is 4.34. The minimum Gasteiger partial charge on any atom is -0.494 e. The Bertz CT molecular complexity index is 641. The van der Waals surface area contributed by atoms with Crippen molar-refractivity contribution >= 4 is 28.7 Å². The number of hydrogen-bond donors (Lipinski definition) is 2. The first-order chi connectivity index (χ1) is 10.3. The molecule has 0 aliphatic carbocycles. The fourth-order valence-corrected chi connectivity index (χ4v) is 3.50. The minimum absolute atomic E-state index is 0.0561. The van der Waals surface area contributed by atoms with Crippen LogP contribution in [0.5, 0.6) is 5.75 Å². The Balaban J connectivity index is 1.78. The SMILES string of the molecule is CCOc1ccc2nc(SC3CCCCNC3=O)[nH]c2c1. The molecule has 1 unspecified atom stereocenters. The Morgan fingerprint density at radius 3 is 3.19 bits per heavy atom. The molecule has 5 nitrogen and oxygen atoms in total. The van der Waals surface area contributed by atoms with E-state index in [2.05, 4.69) is 15.3 Å². The number of carbonyl (C=O) groups is 1. The summed E-state index contributed by atoms with van der Waals surface area (Å²) in [5.74, 6) is 0.949. The number of amides is 1. The molecule has 1 aliphatic rings. The highest BCUT2D eigenvalue weighted by Gasteiger charge is 2.23. The number of thioether (sulfide) groups is 1. The van der Waals surface area contributed by atoms with Gasteiger partial charge in [0.25, 0.3) is 0 Å². The van der Waals surface area contributed by atoms with Crippen LogP contribution in [0.3, 0.4) is 0 Å². The van der Waals surface area contributed by atoms with Crippen LogP contribution in [0.1, 0.15) is 26.2 Å². The molecule has 1 aromatic carbocycles. The van der Waals surface area contributed by atoms with Gasteiger partial charge in [0.1, 0.15) is 5.75 Å². The van der Waals surface area contributed by atoms with E-state index in [0.717, 1.165) is 47.7 Å². The van der Waals surface area contributed by atoms with Crippen molar-refractivity contribution in [2.24, 2.45) is 0 Å². The smallest absolute Gasteiger partial charge is 0.233 e. The molecule has 2 N–H and O–H groups in total. The summed E-state index contributed by atoms with van der Waals surface area (Å²) in [5, 5.41) is 3.69. The third-order valence-corrected chi connectivity index (χ3v) is 4.63. The predicted molar refractivity (Wildman–Crippen MR) is 83.8 cm³/mol. The molecule has 21 heavy (non-hydrogen) atoms. The fourth-order valence-electron chi connectivity index (χ4n) is 2.44. The molecule has 0 saturated carbocycles. The van der Waals surface area contributed by atoms with Crippen molar-refractivity contribution in [3.8, 4) is 5.75 Å². The second kappa shape index (κ2) is 6.39. The minimum atomic E-state index is -0.0561. The average molecular weight is 305 g/mol. The fraction of sp³-hybridized carbons (Fsp3) is 0.467. The van der Waals surface area contributed by atoms with E-state index in [-0.39, 0.29) is 11.2 Å². The van der Waals surface area contributed by atoms with E-state index in [9.17, 15) is 4.79 Å². The molecule has 1 fully saturated rings. The highest BCUT2D eigenvalue weighted by Crippen LogP contribution is 2.29. The maximum Gasteiger partial charge on any atom is 0.233 e. The first kappa shape index (κ1) is 14.3. The number of ether oxygens (including phenoxy) is 1. The maximum absolute atomic E-state index is 12.0. The zero-order chi connectivity index (χ0) is 14.7. The zero-order valence-corrected chi connectivity index (χ0v) is 12.8. The predicted octanol–water partition coefficient (Wildman–Crippen LogP) is 2.72. The lowest BCUT2D eigenvalue weighted by Crippen LogP contribution is -2.30. The third-order valence-electron chi connectivity index (χ3n) is 3.48. The number of nitrogens with one attached hydrogen (secondary N) is 2. The molecule has 2 aromatic rings. The lowest BCUT2D eigenvalue weighted by Gasteiger charge is -2.10. The van der Waals surface area contributed by atoms with E-state index < -0.39 is 0 Å². The highest BCUT2D eigenvalue weighted by molar-refractivity contribution is 8.00. The average Bonchev–Trinajstić information content (AvgIpc) is 2.76. The van der Waals surface area contributed by atoms with Crippen LogP contribution in [-0.4, -0.2) is 34.3 Å². The molecule has 2 heterocycles. The van der Waals surface area contributed by atoms with Crippen LogP contribution >= 0.6 is 11.8 Å². The molecule has 3 rings (SSSR count). The normalized spacial score (nSPS) is 19.3. The molecular weight excluding hydrogens is 286 g/mol. The number of H-pyrrole nitrogens is 1. The van der Waals surface area contributed by atoms with Crippen LogP contribution in [0.2, 0.25) is 0 Å². The lowest BCUT2D eigenvalue weighted by molar-refractivity contribution is -0.120. The number of hydrogen-bond acceptors (Lipinski definition) is 4. The number of aromatic amines is 1. The summed E-state index contributed by atoms with van der Waals surface area (Å²) in [5.41, 5.74) is 1.84. The highest BCUT2D eigenvalue weighted by atomic mass is 32.2. The summed E-state index contributed by atoms with van der Waals surface area (Å²) in [4.78, 5) is 19.8. The number of carbonyl (C=O) groups excluding carboxylic acids is 1. The summed E-state index contributed by atoms with van der Waals surface area (Å²) in [6, 6.07) is 5.80. The van der Waals surface area contributed by atoms with Crippen LogP contribution in [0.4, 0.5) is 0 Å². The van der Waals surface area contributed by atoms with Crippen molar-refractivity contribution in [2.75, 3.05) is 13.2 Å². The van der Waals surface area contributed by atoms with Crippen LogP contribution in [0, 0.1) is 0 Å². The number of aromatic nitrogens is 2. The number of nitrogens with zero attached hydrogens (tertiary/aromatic N) is 1. The second-order valence-electron chi connectivity index (χ2n) is 5.05. The van der Waals surface area contributed by atoms with Gasteiger partial charge >= 0.3 is 0 Å². The van der Waals surface area contributed by atoms with E-state index in [1.54, 1.807) is 0 Å². The Labute approximate surface area is 127 Å². The molecule has 1 amide bonds. The largest absolute Gasteiger partial charge is 0.494 e. The first-order valence-corrected chi connectivity index (χ1v) is 8.21. The summed E-state index contributed by atoms with van der Waals surface area (Å²) >= 11 is 1.51. The molecule has 0 spiro atoms. The Morgan fingerprint density at radius 2 is 2.33 bits per heavy atom. The van der Waals surface area contributed by atoms with Crippen molar-refractivity contribution in [3.63, 3.8) is 0 Å². The molecule has 0 bridgehead atoms. The summed E-state index contributed by atoms with van der Waals surface area (Å²) in [6.07, 6.45) is 3.03. The molecule has 6 heteroatoms. The summed E-state index contributed by atoms with van der Waals surface area (Å²) in [6.45, 7) is 3.39. The lowest BCUT2D eigenvalue weighted by atomic mass is 10.2. The summed E-state index contributed by atoms with van der Waals surface area (Å²) < 4.78 is 5.49. The number of rotatable bonds is 4. The van der Waals surface area contributed by atoms with Crippen LogP contribution in [0.25, 0.3) is 11.0 Å². The van der Waals surface area contributed by atoms with E-state index in [4.69, 9.17) is 4.74 Å². The van der Waals surface area contributed by atoms with E-state index >= 15 is 0 Å². The van der Waals surface area contributed by atoms with Crippen molar-refractivity contribution in [3.05, 3.63) is 18.2 Å². The van der Waals surface area contributed by atoms with E-state index in [1.165, 1.54) is 11.8 Å². The van der Waals surface area contributed by atoms with Gasteiger partial charge < -0.3 is 15.0 Å². The molecule has 0 radical (unpaired) electrons. The van der Waals surface area contributed by atoms with Crippen molar-refractivity contribution in [1.29, 1.82) is 0 Å². The molecule has 1 aliphatic heterocycles. The van der Waals surface area contributed by atoms with Crippen molar-refractivity contribution in [1.82, 2.24) is 15.3 Å². The van der Waals surface area contributed by atoms with Crippen molar-refractivity contribution < 1.29 is 9.53 Å². The maximum atomic E-state index is 12.0. The van der Waals surface area contributed by atoms with Crippen LogP contribution < -0.4 is 10.1 Å². The number of imidazole rings is 1. The van der Waals surface area contributed by atoms with E-state index in [0.29, 0.717) is 6.61 Å². The Hall–Kier alpha value is -1.69. The van der Waals surface area contributed by atoms with Crippen molar-refractivity contribution in [2.45, 2.75) is 36.6 Å². The van der Waals surface area contributed by atoms with Gasteiger partial charge in [-0.15, -0.1) is 0 Å². The number of fused-ring (bicyclic) bond motifs is 1. The molecule has 112 valence electrons. The van der Waals surface area contributed by atoms with Gasteiger partial charge in [0.15, 0.2) is 5.16 Å². The first-order valence-electron chi connectivity index (χ1n) is 7.33. The third kappa shape index (κ3) is 3.32. The molecule has 1 aromatic heterocycles. The summed E-state index contributed by atoms with van der Waals surface area (Å²) in [7, 11) is 0. The zero-order valence-electron chi connectivity index (χ0n) is 12.0. The number of benzene rings is 1. The topological polar surface area (TPSA) is 67.0 Å². The van der Waals surface area contributed by atoms with E-state index in [1.807, 2.05) is 25.1 Å². The van der Waals surface area contributed by atoms with Gasteiger partial charge in [-0.25, -0.2) is 4.98 Å². The monoisotopic (exact) mass is 305 g/mol. The standard InChI is InChI=1S/C15H19N3O2S/c1-2-20-10-6-7-11-12(9-10)18-15(17-11)21-13-5-3-4-8-16-14(13)19/h6-7,9,13H,2-5,8H2,1H3,(H,16,19)(H,17,18). The van der Waals surface area contributed by atoms with Gasteiger partial charge in [-0.1, -0.05) is 18.2 Å². The second-order valence-corrected chi connectivity index (χ2v) is 6.24.